The zero-order valence-corrected chi connectivity index (χ0v) is 16.6. The van der Waals surface area contributed by atoms with E-state index >= 15 is 0 Å². The molecule has 1 aliphatic heterocycles. The van der Waals surface area contributed by atoms with Crippen molar-refractivity contribution in [2.45, 2.75) is 30.8 Å². The van der Waals surface area contributed by atoms with Gasteiger partial charge in [0.15, 0.2) is 5.16 Å². The average molecular weight is 407 g/mol. The first kappa shape index (κ1) is 19.2. The molecule has 1 aliphatic rings. The summed E-state index contributed by atoms with van der Waals surface area (Å²) in [5, 5.41) is 1.15. The van der Waals surface area contributed by atoms with Crippen LogP contribution in [0.5, 0.6) is 0 Å². The molecule has 0 unspecified atom stereocenters. The molecule has 0 radical (unpaired) electrons. The van der Waals surface area contributed by atoms with Gasteiger partial charge in [0.2, 0.25) is 0 Å². The highest BCUT2D eigenvalue weighted by atomic mass is 32.2. The smallest absolute Gasteiger partial charge is 0.259 e. The van der Waals surface area contributed by atoms with Crippen LogP contribution in [0.2, 0.25) is 0 Å². The first-order chi connectivity index (χ1) is 14.0. The number of para-hydroxylation sites is 1. The van der Waals surface area contributed by atoms with E-state index in [9.17, 15) is 9.59 Å². The molecule has 0 saturated carbocycles. The Kier molecular flexibility index (Phi) is 5.35. The molecule has 0 fully saturated rings. The first-order valence-corrected chi connectivity index (χ1v) is 10.4. The number of hydrogen-bond acceptors (Lipinski definition) is 7. The van der Waals surface area contributed by atoms with Gasteiger partial charge in [0.25, 0.3) is 5.56 Å². The molecule has 7 nitrogen and oxygen atoms in total. The van der Waals surface area contributed by atoms with E-state index < -0.39 is 0 Å². The maximum atomic E-state index is 12.3. The minimum atomic E-state index is -0.144. The quantitative estimate of drug-likeness (QED) is 0.239. The number of thioether (sulfide) groups is 1. The number of carbonyl (C=O) groups is 1. The Bertz CT molecular complexity index is 1190. The number of benzene rings is 2. The Balaban J connectivity index is 1.27. The molecule has 0 atom stereocenters. The number of aromatic amines is 1. The van der Waals surface area contributed by atoms with Crippen molar-refractivity contribution in [3.8, 4) is 0 Å². The Hall–Kier alpha value is -3.13. The third kappa shape index (κ3) is 4.32. The molecule has 0 bridgehead atoms. The number of fused-ring (bicyclic) bond motifs is 2. The molecule has 1 aromatic heterocycles. The SMILES string of the molecule is Nc1cc2c(cc1N)N=C(CC(=O)CCCSc1nc3ccccc3c(=O)[nH]1)C2. The second-order valence-electron chi connectivity index (χ2n) is 7.02. The summed E-state index contributed by atoms with van der Waals surface area (Å²) in [5.74, 6) is 0.852. The van der Waals surface area contributed by atoms with E-state index in [0.717, 1.165) is 17.0 Å². The average Bonchev–Trinajstić information content (AvgIpc) is 3.06. The standard InChI is InChI=1S/C21H21N5O2S/c22-16-9-12-8-13(24-19(12)11-17(16)23)10-14(27)4-3-7-29-21-25-18-6-2-1-5-15(18)20(28)26-21/h1-2,5-6,9,11H,3-4,7-8,10,22-23H2,(H,25,26,28). The van der Waals surface area contributed by atoms with Crippen LogP contribution < -0.4 is 17.0 Å². The van der Waals surface area contributed by atoms with Crippen LogP contribution in [0.15, 0.2) is 51.3 Å². The molecule has 148 valence electrons. The van der Waals surface area contributed by atoms with Gasteiger partial charge < -0.3 is 16.5 Å². The molecule has 0 spiro atoms. The molecule has 4 rings (SSSR count). The van der Waals surface area contributed by atoms with Crippen LogP contribution >= 0.6 is 11.8 Å². The minimum absolute atomic E-state index is 0.144. The molecule has 0 saturated heterocycles. The molecule has 8 heteroatoms. The molecule has 2 aromatic carbocycles. The summed E-state index contributed by atoms with van der Waals surface area (Å²) in [5.41, 5.74) is 15.9. The molecule has 2 heterocycles. The number of aromatic nitrogens is 2. The van der Waals surface area contributed by atoms with E-state index in [1.165, 1.54) is 11.8 Å². The van der Waals surface area contributed by atoms with E-state index in [4.69, 9.17) is 11.5 Å². The lowest BCUT2D eigenvalue weighted by molar-refractivity contribution is -0.117. The maximum Gasteiger partial charge on any atom is 0.259 e. The summed E-state index contributed by atoms with van der Waals surface area (Å²) in [4.78, 5) is 36.1. The molecule has 29 heavy (non-hydrogen) atoms. The number of aliphatic imine (C=N–C) groups is 1. The number of nitrogen functional groups attached to an aromatic ring is 2. The van der Waals surface area contributed by atoms with Crippen molar-refractivity contribution < 1.29 is 4.79 Å². The van der Waals surface area contributed by atoms with Gasteiger partial charge in [-0.15, -0.1) is 0 Å². The minimum Gasteiger partial charge on any atom is -0.397 e. The van der Waals surface area contributed by atoms with Crippen LogP contribution in [0.3, 0.4) is 0 Å². The van der Waals surface area contributed by atoms with Crippen molar-refractivity contribution in [2.75, 3.05) is 17.2 Å². The fourth-order valence-corrected chi connectivity index (χ4v) is 4.14. The summed E-state index contributed by atoms with van der Waals surface area (Å²) in [6.45, 7) is 0. The van der Waals surface area contributed by atoms with Crippen LogP contribution in [0.1, 0.15) is 24.8 Å². The second-order valence-corrected chi connectivity index (χ2v) is 8.10. The van der Waals surface area contributed by atoms with Gasteiger partial charge in [0, 0.05) is 30.7 Å². The number of nitrogens with zero attached hydrogens (tertiary/aromatic N) is 2. The van der Waals surface area contributed by atoms with Gasteiger partial charge in [0.05, 0.1) is 28.0 Å². The van der Waals surface area contributed by atoms with Crippen LogP contribution in [-0.2, 0) is 11.2 Å². The van der Waals surface area contributed by atoms with Gasteiger partial charge in [0.1, 0.15) is 5.78 Å². The zero-order valence-electron chi connectivity index (χ0n) is 15.8. The Morgan fingerprint density at radius 3 is 2.83 bits per heavy atom. The van der Waals surface area contributed by atoms with Crippen molar-refractivity contribution in [3.05, 3.63) is 52.3 Å². The van der Waals surface area contributed by atoms with Crippen LogP contribution in [0, 0.1) is 0 Å². The van der Waals surface area contributed by atoms with Gasteiger partial charge in [-0.1, -0.05) is 23.9 Å². The fourth-order valence-electron chi connectivity index (χ4n) is 3.33. The number of ketones is 1. The largest absolute Gasteiger partial charge is 0.397 e. The molecule has 5 N–H and O–H groups in total. The lowest BCUT2D eigenvalue weighted by Crippen LogP contribution is -2.10. The Labute approximate surface area is 171 Å². The van der Waals surface area contributed by atoms with Crippen molar-refractivity contribution in [2.24, 2.45) is 4.99 Å². The normalized spacial score (nSPS) is 12.8. The number of anilines is 2. The summed E-state index contributed by atoms with van der Waals surface area (Å²) in [6, 6.07) is 10.8. The van der Waals surface area contributed by atoms with Crippen LogP contribution in [-0.4, -0.2) is 27.2 Å². The van der Waals surface area contributed by atoms with Crippen LogP contribution in [0.4, 0.5) is 17.1 Å². The molecule has 0 aliphatic carbocycles. The van der Waals surface area contributed by atoms with Crippen molar-refractivity contribution in [3.63, 3.8) is 0 Å². The summed E-state index contributed by atoms with van der Waals surface area (Å²) in [6.07, 6.45) is 2.15. The summed E-state index contributed by atoms with van der Waals surface area (Å²) in [7, 11) is 0. The first-order valence-electron chi connectivity index (χ1n) is 9.37. The molecule has 0 amide bonds. The molecular formula is C21H21N5O2S. The van der Waals surface area contributed by atoms with E-state index in [-0.39, 0.29) is 11.3 Å². The third-order valence-electron chi connectivity index (χ3n) is 4.79. The predicted octanol–water partition coefficient (Wildman–Crippen LogP) is 3.25. The van der Waals surface area contributed by atoms with E-state index in [1.54, 1.807) is 12.1 Å². The predicted molar refractivity (Wildman–Crippen MR) is 118 cm³/mol. The number of rotatable bonds is 7. The highest BCUT2D eigenvalue weighted by Crippen LogP contribution is 2.33. The Morgan fingerprint density at radius 2 is 1.97 bits per heavy atom. The van der Waals surface area contributed by atoms with Crippen molar-refractivity contribution >= 4 is 51.2 Å². The topological polar surface area (TPSA) is 127 Å². The Morgan fingerprint density at radius 1 is 1.17 bits per heavy atom. The van der Waals surface area contributed by atoms with Gasteiger partial charge in [-0.3, -0.25) is 14.6 Å². The highest BCUT2D eigenvalue weighted by molar-refractivity contribution is 7.99. The van der Waals surface area contributed by atoms with Crippen molar-refractivity contribution in [1.29, 1.82) is 0 Å². The fraction of sp³-hybridized carbons (Fsp3) is 0.238. The van der Waals surface area contributed by atoms with Crippen LogP contribution in [0.25, 0.3) is 10.9 Å². The third-order valence-corrected chi connectivity index (χ3v) is 5.75. The van der Waals surface area contributed by atoms with Crippen molar-refractivity contribution in [1.82, 2.24) is 9.97 Å². The molecule has 3 aromatic rings. The van der Waals surface area contributed by atoms with E-state index in [1.807, 2.05) is 24.3 Å². The van der Waals surface area contributed by atoms with Gasteiger partial charge in [-0.05, 0) is 36.2 Å². The monoisotopic (exact) mass is 407 g/mol. The summed E-state index contributed by atoms with van der Waals surface area (Å²) >= 11 is 1.45. The maximum absolute atomic E-state index is 12.3. The van der Waals surface area contributed by atoms with Gasteiger partial charge >= 0.3 is 0 Å². The number of Topliss-reactive ketones (excluding diaryl/α,β-unsaturated/α-hetero) is 1. The number of hydrogen-bond donors (Lipinski definition) is 3. The molecular weight excluding hydrogens is 386 g/mol. The highest BCUT2D eigenvalue weighted by Gasteiger charge is 2.18. The number of H-pyrrole nitrogens is 1. The number of nitrogens with two attached hydrogens (primary N) is 2. The lowest BCUT2D eigenvalue weighted by Gasteiger charge is -2.03. The second kappa shape index (κ2) is 8.08. The number of nitrogens with one attached hydrogen (secondary N) is 1. The number of carbonyl (C=O) groups excluding carboxylic acids is 1. The van der Waals surface area contributed by atoms with Gasteiger partial charge in [-0.25, -0.2) is 4.98 Å². The zero-order chi connectivity index (χ0) is 20.4. The van der Waals surface area contributed by atoms with E-state index in [0.29, 0.717) is 58.9 Å². The summed E-state index contributed by atoms with van der Waals surface area (Å²) < 4.78 is 0. The van der Waals surface area contributed by atoms with Gasteiger partial charge in [-0.2, -0.15) is 0 Å². The lowest BCUT2D eigenvalue weighted by atomic mass is 10.0. The van der Waals surface area contributed by atoms with E-state index in [2.05, 4.69) is 15.0 Å².